The third-order valence-corrected chi connectivity index (χ3v) is 7.02. The maximum absolute atomic E-state index is 13.0. The van der Waals surface area contributed by atoms with Crippen molar-refractivity contribution in [3.05, 3.63) is 70.8 Å². The molecule has 4 heteroatoms. The monoisotopic (exact) mass is 388 g/mol. The van der Waals surface area contributed by atoms with Gasteiger partial charge in [-0.05, 0) is 61.8 Å². The van der Waals surface area contributed by atoms with Crippen LogP contribution in [0.1, 0.15) is 52.2 Å². The highest BCUT2D eigenvalue weighted by molar-refractivity contribution is 5.94. The molecular weight excluding hydrogens is 360 g/mol. The van der Waals surface area contributed by atoms with Gasteiger partial charge < -0.3 is 10.2 Å². The number of likely N-dealkylation sites (tertiary alicyclic amines) is 1. The van der Waals surface area contributed by atoms with Gasteiger partial charge in [0, 0.05) is 30.6 Å². The molecule has 0 bridgehead atoms. The molecule has 3 aliphatic rings. The van der Waals surface area contributed by atoms with Crippen LogP contribution in [0, 0.1) is 18.8 Å². The Hall–Kier alpha value is -2.62. The zero-order valence-corrected chi connectivity index (χ0v) is 16.9. The zero-order chi connectivity index (χ0) is 20.0. The second-order valence-corrected chi connectivity index (χ2v) is 8.92. The molecule has 29 heavy (non-hydrogen) atoms. The van der Waals surface area contributed by atoms with Crippen molar-refractivity contribution < 1.29 is 9.59 Å². The first-order valence-corrected chi connectivity index (χ1v) is 10.9. The highest BCUT2D eigenvalue weighted by Crippen LogP contribution is 2.54. The Morgan fingerprint density at radius 3 is 2.66 bits per heavy atom. The Kier molecular flexibility index (Phi) is 4.65. The maximum Gasteiger partial charge on any atom is 0.253 e. The summed E-state index contributed by atoms with van der Waals surface area (Å²) in [5, 5.41) is 3.34. The molecule has 2 aromatic rings. The summed E-state index contributed by atoms with van der Waals surface area (Å²) in [5.74, 6) is 1.14. The van der Waals surface area contributed by atoms with E-state index in [0.717, 1.165) is 37.8 Å². The number of hydrogen-bond donors (Lipinski definition) is 1. The minimum absolute atomic E-state index is 0.0384. The van der Waals surface area contributed by atoms with Gasteiger partial charge in [-0.2, -0.15) is 0 Å². The lowest BCUT2D eigenvalue weighted by Crippen LogP contribution is -2.46. The number of nitrogens with zero attached hydrogens (tertiary/aromatic N) is 1. The summed E-state index contributed by atoms with van der Waals surface area (Å²) in [6, 6.07) is 16.6. The van der Waals surface area contributed by atoms with Crippen LogP contribution >= 0.6 is 0 Å². The lowest BCUT2D eigenvalue weighted by Gasteiger charge is -2.32. The van der Waals surface area contributed by atoms with Gasteiger partial charge in [0.25, 0.3) is 5.91 Å². The van der Waals surface area contributed by atoms with Crippen LogP contribution in [-0.2, 0) is 11.2 Å². The van der Waals surface area contributed by atoms with E-state index in [-0.39, 0.29) is 23.8 Å². The molecule has 0 aromatic heterocycles. The fourth-order valence-electron chi connectivity index (χ4n) is 5.30. The maximum atomic E-state index is 13.0. The Balaban J connectivity index is 1.22. The summed E-state index contributed by atoms with van der Waals surface area (Å²) < 4.78 is 0. The number of piperidine rings is 1. The third-order valence-electron chi connectivity index (χ3n) is 7.02. The first-order valence-electron chi connectivity index (χ1n) is 10.9. The van der Waals surface area contributed by atoms with E-state index in [9.17, 15) is 9.59 Å². The van der Waals surface area contributed by atoms with Gasteiger partial charge in [-0.3, -0.25) is 9.59 Å². The number of carbonyl (C=O) groups is 2. The zero-order valence-electron chi connectivity index (χ0n) is 16.9. The molecule has 2 fully saturated rings. The number of aryl methyl sites for hydroxylation is 2. The summed E-state index contributed by atoms with van der Waals surface area (Å²) in [5.41, 5.74) is 4.72. The topological polar surface area (TPSA) is 49.4 Å². The van der Waals surface area contributed by atoms with Crippen LogP contribution in [-0.4, -0.2) is 35.8 Å². The second-order valence-electron chi connectivity index (χ2n) is 8.92. The normalized spacial score (nSPS) is 27.6. The van der Waals surface area contributed by atoms with Crippen LogP contribution in [0.3, 0.4) is 0 Å². The summed E-state index contributed by atoms with van der Waals surface area (Å²) in [6.45, 7) is 3.28. The molecule has 0 radical (unpaired) electrons. The number of rotatable bonds is 3. The molecule has 150 valence electrons. The van der Waals surface area contributed by atoms with Crippen molar-refractivity contribution in [3.63, 3.8) is 0 Å². The number of amides is 2. The van der Waals surface area contributed by atoms with Gasteiger partial charge in [0.2, 0.25) is 5.91 Å². The van der Waals surface area contributed by atoms with E-state index in [1.54, 1.807) is 0 Å². The van der Waals surface area contributed by atoms with Gasteiger partial charge >= 0.3 is 0 Å². The molecule has 0 spiro atoms. The summed E-state index contributed by atoms with van der Waals surface area (Å²) in [4.78, 5) is 27.7. The Labute approximate surface area is 172 Å². The predicted molar refractivity (Wildman–Crippen MR) is 113 cm³/mol. The number of benzene rings is 2. The van der Waals surface area contributed by atoms with Crippen molar-refractivity contribution in [1.82, 2.24) is 10.2 Å². The molecular formula is C25H28N2O2. The first kappa shape index (κ1) is 18.4. The van der Waals surface area contributed by atoms with Crippen LogP contribution in [0.15, 0.2) is 48.5 Å². The molecule has 0 unspecified atom stereocenters. The van der Waals surface area contributed by atoms with Crippen LogP contribution in [0.2, 0.25) is 0 Å². The van der Waals surface area contributed by atoms with E-state index in [0.29, 0.717) is 23.9 Å². The van der Waals surface area contributed by atoms with Gasteiger partial charge in [0.1, 0.15) is 0 Å². The minimum atomic E-state index is -0.101. The number of nitrogens with one attached hydrogen (secondary N) is 1. The van der Waals surface area contributed by atoms with Gasteiger partial charge in [-0.15, -0.1) is 0 Å². The summed E-state index contributed by atoms with van der Waals surface area (Å²) in [6.07, 6.45) is 4.03. The molecule has 5 rings (SSSR count). The molecule has 1 heterocycles. The Bertz CT molecular complexity index is 936. The van der Waals surface area contributed by atoms with Crippen LogP contribution in [0.5, 0.6) is 0 Å². The molecule has 1 saturated carbocycles. The van der Waals surface area contributed by atoms with Gasteiger partial charge in [0.15, 0.2) is 0 Å². The largest absolute Gasteiger partial charge is 0.352 e. The summed E-state index contributed by atoms with van der Waals surface area (Å²) >= 11 is 0. The average Bonchev–Trinajstić information content (AvgIpc) is 3.47. The Morgan fingerprint density at radius 2 is 1.83 bits per heavy atom. The lowest BCUT2D eigenvalue weighted by molar-refractivity contribution is -0.126. The van der Waals surface area contributed by atoms with Crippen molar-refractivity contribution in [2.45, 2.75) is 44.6 Å². The van der Waals surface area contributed by atoms with Gasteiger partial charge in [-0.1, -0.05) is 42.0 Å². The minimum Gasteiger partial charge on any atom is -0.352 e. The first-order chi connectivity index (χ1) is 14.1. The van der Waals surface area contributed by atoms with E-state index < -0.39 is 0 Å². The third kappa shape index (κ3) is 3.45. The standard InChI is InChI=1S/C25H28N2O2/c1-16-8-10-18(11-9-16)25(29)27-14-4-6-19(15-27)24(28)26-23-21-13-12-17-5-2-3-7-20(17)22(21)23/h2-3,5,7-11,19,21-23H,4,6,12-15H2,1H3,(H,26,28)/t19-,21-,22+,23+/m0/s1. The van der Waals surface area contributed by atoms with Gasteiger partial charge in [-0.25, -0.2) is 0 Å². The van der Waals surface area contributed by atoms with Crippen molar-refractivity contribution in [3.8, 4) is 0 Å². The lowest BCUT2D eigenvalue weighted by atomic mass is 9.92. The quantitative estimate of drug-likeness (QED) is 0.872. The highest BCUT2D eigenvalue weighted by Gasteiger charge is 2.54. The van der Waals surface area contributed by atoms with Gasteiger partial charge in [0.05, 0.1) is 5.92 Å². The van der Waals surface area contributed by atoms with E-state index in [1.807, 2.05) is 36.1 Å². The predicted octanol–water partition coefficient (Wildman–Crippen LogP) is 3.69. The number of hydrogen-bond acceptors (Lipinski definition) is 2. The molecule has 1 aliphatic heterocycles. The number of carbonyl (C=O) groups excluding carboxylic acids is 2. The smallest absolute Gasteiger partial charge is 0.253 e. The average molecular weight is 389 g/mol. The molecule has 4 nitrogen and oxygen atoms in total. The van der Waals surface area contributed by atoms with Crippen LogP contribution in [0.4, 0.5) is 0 Å². The van der Waals surface area contributed by atoms with Crippen molar-refractivity contribution in [2.75, 3.05) is 13.1 Å². The van der Waals surface area contributed by atoms with E-state index in [2.05, 4.69) is 29.6 Å². The molecule has 2 aliphatic carbocycles. The Morgan fingerprint density at radius 1 is 1.03 bits per heavy atom. The van der Waals surface area contributed by atoms with Crippen molar-refractivity contribution >= 4 is 11.8 Å². The number of fused-ring (bicyclic) bond motifs is 3. The molecule has 2 aromatic carbocycles. The summed E-state index contributed by atoms with van der Waals surface area (Å²) in [7, 11) is 0. The fourth-order valence-corrected chi connectivity index (χ4v) is 5.30. The SMILES string of the molecule is Cc1ccc(C(=O)N2CCC[C@H](C(=O)N[C@@H]3[C@H]4CCc5ccccc5[C@H]43)C2)cc1. The van der Waals surface area contributed by atoms with Crippen molar-refractivity contribution in [2.24, 2.45) is 11.8 Å². The van der Waals surface area contributed by atoms with E-state index in [1.165, 1.54) is 11.1 Å². The van der Waals surface area contributed by atoms with Crippen molar-refractivity contribution in [1.29, 1.82) is 0 Å². The molecule has 1 N–H and O–H groups in total. The molecule has 1 saturated heterocycles. The van der Waals surface area contributed by atoms with Crippen LogP contribution < -0.4 is 5.32 Å². The molecule has 4 atom stereocenters. The highest BCUT2D eigenvalue weighted by atomic mass is 16.2. The molecule has 2 amide bonds. The van der Waals surface area contributed by atoms with E-state index >= 15 is 0 Å². The second kappa shape index (κ2) is 7.33. The van der Waals surface area contributed by atoms with E-state index in [4.69, 9.17) is 0 Å². The van der Waals surface area contributed by atoms with Crippen LogP contribution in [0.25, 0.3) is 0 Å². The fraction of sp³-hybridized carbons (Fsp3) is 0.440.